The first-order chi connectivity index (χ1) is 9.56. The Balaban J connectivity index is 2.52. The van der Waals surface area contributed by atoms with Gasteiger partial charge in [-0.1, -0.05) is 12.8 Å². The minimum atomic E-state index is -0.453. The van der Waals surface area contributed by atoms with Gasteiger partial charge in [0, 0.05) is 0 Å². The summed E-state index contributed by atoms with van der Waals surface area (Å²) in [4.78, 5) is 34.0. The van der Waals surface area contributed by atoms with E-state index in [9.17, 15) is 14.4 Å². The van der Waals surface area contributed by atoms with Crippen LogP contribution in [0.4, 0.5) is 0 Å². The van der Waals surface area contributed by atoms with Crippen molar-refractivity contribution < 1.29 is 28.6 Å². The molecule has 0 amide bonds. The molecule has 1 fully saturated rings. The predicted molar refractivity (Wildman–Crippen MR) is 69.7 cm³/mol. The van der Waals surface area contributed by atoms with Crippen molar-refractivity contribution in [3.8, 4) is 0 Å². The molecule has 0 aromatic rings. The van der Waals surface area contributed by atoms with Gasteiger partial charge in [-0.15, -0.1) is 0 Å². The van der Waals surface area contributed by atoms with E-state index in [0.717, 1.165) is 12.8 Å². The van der Waals surface area contributed by atoms with Crippen molar-refractivity contribution in [1.82, 2.24) is 0 Å². The van der Waals surface area contributed by atoms with Crippen LogP contribution < -0.4 is 0 Å². The topological polar surface area (TPSA) is 78.9 Å². The highest BCUT2D eigenvalue weighted by Crippen LogP contribution is 2.32. The molecule has 0 spiro atoms. The Kier molecular flexibility index (Phi) is 7.04. The molecule has 0 bridgehead atoms. The van der Waals surface area contributed by atoms with Gasteiger partial charge in [0.15, 0.2) is 0 Å². The molecule has 0 radical (unpaired) electrons. The Bertz CT molecular complexity index is 339. The summed E-state index contributed by atoms with van der Waals surface area (Å²) < 4.78 is 14.7. The quantitative estimate of drug-likeness (QED) is 0.305. The van der Waals surface area contributed by atoms with Crippen LogP contribution in [0.3, 0.4) is 0 Å². The van der Waals surface area contributed by atoms with E-state index in [1.807, 2.05) is 0 Å². The van der Waals surface area contributed by atoms with E-state index < -0.39 is 17.8 Å². The summed E-state index contributed by atoms with van der Waals surface area (Å²) in [6, 6.07) is 0. The summed E-state index contributed by atoms with van der Waals surface area (Å²) >= 11 is 0. The number of ether oxygens (including phenoxy) is 3. The van der Waals surface area contributed by atoms with E-state index in [1.165, 1.54) is 0 Å². The fraction of sp³-hybridized carbons (Fsp3) is 0.786. The lowest BCUT2D eigenvalue weighted by molar-refractivity contribution is -0.165. The molecule has 114 valence electrons. The molecule has 2 atom stereocenters. The summed E-state index contributed by atoms with van der Waals surface area (Å²) in [5, 5.41) is 0. The molecule has 0 aromatic heterocycles. The number of carbonyl (C=O) groups is 3. The van der Waals surface area contributed by atoms with Gasteiger partial charge in [-0.3, -0.25) is 14.4 Å². The summed E-state index contributed by atoms with van der Waals surface area (Å²) in [6.45, 7) is 3.91. The molecule has 0 heterocycles. The normalized spacial score (nSPS) is 22.1. The van der Waals surface area contributed by atoms with Crippen molar-refractivity contribution in [3.63, 3.8) is 0 Å². The van der Waals surface area contributed by atoms with Crippen molar-refractivity contribution in [2.24, 2.45) is 11.8 Å². The highest BCUT2D eigenvalue weighted by atomic mass is 16.6. The van der Waals surface area contributed by atoms with Crippen LogP contribution in [0.5, 0.6) is 0 Å². The molecule has 1 aliphatic carbocycles. The standard InChI is InChI=1S/C14H22O6/c1-10(2)20-14(17)12-6-4-3-5-11(12)13(16)19-8-7-18-9-15/h9-12H,3-8H2,1-2H3. The Labute approximate surface area is 118 Å². The molecule has 0 N–H and O–H groups in total. The van der Waals surface area contributed by atoms with Crippen LogP contribution in [0.1, 0.15) is 39.5 Å². The first kappa shape index (κ1) is 16.5. The molecule has 2 unspecified atom stereocenters. The summed E-state index contributed by atoms with van der Waals surface area (Å²) in [5.41, 5.74) is 0. The summed E-state index contributed by atoms with van der Waals surface area (Å²) in [5.74, 6) is -1.62. The van der Waals surface area contributed by atoms with Crippen molar-refractivity contribution in [2.45, 2.75) is 45.6 Å². The molecule has 0 aliphatic heterocycles. The number of carbonyl (C=O) groups excluding carboxylic acids is 3. The number of hydrogen-bond acceptors (Lipinski definition) is 6. The lowest BCUT2D eigenvalue weighted by Gasteiger charge is -2.28. The molecular weight excluding hydrogens is 264 g/mol. The third kappa shape index (κ3) is 5.19. The maximum Gasteiger partial charge on any atom is 0.310 e. The Morgan fingerprint density at radius 1 is 1.10 bits per heavy atom. The number of esters is 2. The van der Waals surface area contributed by atoms with Crippen LogP contribution in [0.15, 0.2) is 0 Å². The fourth-order valence-corrected chi connectivity index (χ4v) is 2.36. The van der Waals surface area contributed by atoms with Gasteiger partial charge in [-0.2, -0.15) is 0 Å². The van der Waals surface area contributed by atoms with Crippen LogP contribution in [0.2, 0.25) is 0 Å². The van der Waals surface area contributed by atoms with E-state index >= 15 is 0 Å². The van der Waals surface area contributed by atoms with Crippen LogP contribution in [0.25, 0.3) is 0 Å². The van der Waals surface area contributed by atoms with E-state index in [0.29, 0.717) is 19.3 Å². The Morgan fingerprint density at radius 2 is 1.70 bits per heavy atom. The molecule has 0 aromatic carbocycles. The molecule has 0 saturated heterocycles. The van der Waals surface area contributed by atoms with Crippen LogP contribution in [0, 0.1) is 11.8 Å². The molecule has 1 rings (SSSR count). The van der Waals surface area contributed by atoms with E-state index in [4.69, 9.17) is 9.47 Å². The second kappa shape index (κ2) is 8.55. The first-order valence-corrected chi connectivity index (χ1v) is 6.98. The highest BCUT2D eigenvalue weighted by molar-refractivity contribution is 5.82. The highest BCUT2D eigenvalue weighted by Gasteiger charge is 2.38. The van der Waals surface area contributed by atoms with Gasteiger partial charge < -0.3 is 14.2 Å². The Morgan fingerprint density at radius 3 is 2.25 bits per heavy atom. The Hall–Kier alpha value is -1.59. The number of hydrogen-bond donors (Lipinski definition) is 0. The summed E-state index contributed by atoms with van der Waals surface area (Å²) in [7, 11) is 0. The minimum Gasteiger partial charge on any atom is -0.464 e. The largest absolute Gasteiger partial charge is 0.464 e. The van der Waals surface area contributed by atoms with Gasteiger partial charge in [-0.05, 0) is 26.7 Å². The molecule has 20 heavy (non-hydrogen) atoms. The van der Waals surface area contributed by atoms with Crippen LogP contribution in [-0.2, 0) is 28.6 Å². The number of rotatable bonds is 7. The first-order valence-electron chi connectivity index (χ1n) is 6.98. The molecular formula is C14H22O6. The van der Waals surface area contributed by atoms with Crippen molar-refractivity contribution in [2.75, 3.05) is 13.2 Å². The zero-order valence-electron chi connectivity index (χ0n) is 12.0. The lowest BCUT2D eigenvalue weighted by Crippen LogP contribution is -2.36. The van der Waals surface area contributed by atoms with Gasteiger partial charge in [-0.25, -0.2) is 0 Å². The van der Waals surface area contributed by atoms with Crippen LogP contribution >= 0.6 is 0 Å². The molecule has 1 aliphatic rings. The average Bonchev–Trinajstić information content (AvgIpc) is 2.42. The molecule has 1 saturated carbocycles. The van der Waals surface area contributed by atoms with Gasteiger partial charge in [0.25, 0.3) is 6.47 Å². The summed E-state index contributed by atoms with van der Waals surface area (Å²) in [6.07, 6.45) is 2.90. The van der Waals surface area contributed by atoms with E-state index in [1.54, 1.807) is 13.8 Å². The maximum absolute atomic E-state index is 12.0. The maximum atomic E-state index is 12.0. The van der Waals surface area contributed by atoms with Crippen molar-refractivity contribution >= 4 is 18.4 Å². The van der Waals surface area contributed by atoms with Crippen molar-refractivity contribution in [3.05, 3.63) is 0 Å². The second-order valence-electron chi connectivity index (χ2n) is 5.12. The van der Waals surface area contributed by atoms with Gasteiger partial charge in [0.1, 0.15) is 13.2 Å². The monoisotopic (exact) mass is 286 g/mol. The van der Waals surface area contributed by atoms with Crippen LogP contribution in [-0.4, -0.2) is 37.7 Å². The second-order valence-corrected chi connectivity index (χ2v) is 5.12. The van der Waals surface area contributed by atoms with Gasteiger partial charge in [0.05, 0.1) is 17.9 Å². The third-order valence-electron chi connectivity index (χ3n) is 3.24. The van der Waals surface area contributed by atoms with Gasteiger partial charge >= 0.3 is 11.9 Å². The zero-order chi connectivity index (χ0) is 15.0. The minimum absolute atomic E-state index is 0.0139. The third-order valence-corrected chi connectivity index (χ3v) is 3.24. The zero-order valence-corrected chi connectivity index (χ0v) is 12.0. The van der Waals surface area contributed by atoms with Gasteiger partial charge in [0.2, 0.25) is 0 Å². The smallest absolute Gasteiger partial charge is 0.310 e. The van der Waals surface area contributed by atoms with E-state index in [-0.39, 0.29) is 25.3 Å². The molecule has 6 nitrogen and oxygen atoms in total. The predicted octanol–water partition coefficient (Wildman–Crippen LogP) is 1.46. The van der Waals surface area contributed by atoms with Crippen molar-refractivity contribution in [1.29, 1.82) is 0 Å². The SMILES string of the molecule is CC(C)OC(=O)C1CCCCC1C(=O)OCCOC=O. The average molecular weight is 286 g/mol. The molecule has 6 heteroatoms. The lowest BCUT2D eigenvalue weighted by atomic mass is 9.79. The van der Waals surface area contributed by atoms with E-state index in [2.05, 4.69) is 4.74 Å². The fourth-order valence-electron chi connectivity index (χ4n) is 2.36.